The summed E-state index contributed by atoms with van der Waals surface area (Å²) in [6.45, 7) is 3.99. The van der Waals surface area contributed by atoms with E-state index in [4.69, 9.17) is 9.98 Å². The lowest BCUT2D eigenvalue weighted by atomic mass is 10.1. The van der Waals surface area contributed by atoms with Crippen LogP contribution in [0.5, 0.6) is 0 Å². The Balaban J connectivity index is 1.40. The first-order chi connectivity index (χ1) is 16.0. The van der Waals surface area contributed by atoms with E-state index in [0.717, 1.165) is 33.6 Å². The van der Waals surface area contributed by atoms with Gasteiger partial charge >= 0.3 is 0 Å². The van der Waals surface area contributed by atoms with Crippen LogP contribution in [0.1, 0.15) is 28.3 Å². The maximum Gasteiger partial charge on any atom is 0.263 e. The molecule has 5 rings (SSSR count). The second-order valence-corrected chi connectivity index (χ2v) is 9.01. The average molecular weight is 455 g/mol. The first-order valence-electron chi connectivity index (χ1n) is 10.7. The molecule has 0 spiro atoms. The standard InChI is InChI=1S/C26H22N4O2S/c1-16-12-17(2)14-19(13-16)27-22(31)15-33-26-28-21-11-7-6-10-20(21)24-29-23(25(32)30(24)26)18-8-4-3-5-9-18/h3-14,23H,15H2,1-2H3,(H,27,31). The Morgan fingerprint density at radius 3 is 2.45 bits per heavy atom. The fraction of sp³-hybridized carbons (Fsp3) is 0.154. The second kappa shape index (κ2) is 8.67. The summed E-state index contributed by atoms with van der Waals surface area (Å²) < 4.78 is 0. The summed E-state index contributed by atoms with van der Waals surface area (Å²) in [4.78, 5) is 37.1. The average Bonchev–Trinajstić information content (AvgIpc) is 3.15. The lowest BCUT2D eigenvalue weighted by molar-refractivity contribution is -0.124. The number of carbonyl (C=O) groups is 2. The molecule has 0 fully saturated rings. The zero-order valence-electron chi connectivity index (χ0n) is 18.3. The number of nitrogens with one attached hydrogen (secondary N) is 1. The van der Waals surface area contributed by atoms with Crippen molar-refractivity contribution in [3.63, 3.8) is 0 Å². The molecule has 3 aromatic carbocycles. The van der Waals surface area contributed by atoms with E-state index in [1.165, 1.54) is 11.8 Å². The van der Waals surface area contributed by atoms with Crippen LogP contribution in [0.4, 0.5) is 11.4 Å². The lowest BCUT2D eigenvalue weighted by Gasteiger charge is -2.25. The third-order valence-corrected chi connectivity index (χ3v) is 6.36. The van der Waals surface area contributed by atoms with E-state index in [1.54, 1.807) is 4.90 Å². The van der Waals surface area contributed by atoms with Crippen molar-refractivity contribution in [2.45, 2.75) is 19.9 Å². The molecule has 3 aromatic rings. The summed E-state index contributed by atoms with van der Waals surface area (Å²) >= 11 is 1.24. The molecule has 1 N–H and O–H groups in total. The molecule has 0 bridgehead atoms. The van der Waals surface area contributed by atoms with Crippen molar-refractivity contribution in [2.75, 3.05) is 11.1 Å². The van der Waals surface area contributed by atoms with Crippen LogP contribution in [0.15, 0.2) is 82.8 Å². The molecular weight excluding hydrogens is 432 g/mol. The Hall–Kier alpha value is -3.71. The number of aliphatic imine (C=N–C) groups is 2. The number of hydrogen-bond donors (Lipinski definition) is 1. The van der Waals surface area contributed by atoms with E-state index in [1.807, 2.05) is 80.6 Å². The zero-order valence-corrected chi connectivity index (χ0v) is 19.1. The zero-order chi connectivity index (χ0) is 22.9. The number of nitrogens with zero attached hydrogens (tertiary/aromatic N) is 3. The molecule has 0 aliphatic carbocycles. The Bertz CT molecular complexity index is 1300. The summed E-state index contributed by atoms with van der Waals surface area (Å²) in [5.74, 6) is 0.390. The van der Waals surface area contributed by atoms with E-state index in [9.17, 15) is 9.59 Å². The van der Waals surface area contributed by atoms with Gasteiger partial charge in [-0.1, -0.05) is 60.3 Å². The summed E-state index contributed by atoms with van der Waals surface area (Å²) in [6, 6.07) is 22.4. The molecule has 0 saturated heterocycles. The number of hydrogen-bond acceptors (Lipinski definition) is 5. The minimum Gasteiger partial charge on any atom is -0.325 e. The minimum absolute atomic E-state index is 0.126. The van der Waals surface area contributed by atoms with Crippen LogP contribution in [0.2, 0.25) is 0 Å². The second-order valence-electron chi connectivity index (χ2n) is 8.06. The quantitative estimate of drug-likeness (QED) is 0.602. The van der Waals surface area contributed by atoms with Gasteiger partial charge in [-0.05, 0) is 54.8 Å². The van der Waals surface area contributed by atoms with Crippen molar-refractivity contribution in [1.82, 2.24) is 4.90 Å². The third kappa shape index (κ3) is 4.19. The van der Waals surface area contributed by atoms with Crippen molar-refractivity contribution in [3.05, 3.63) is 95.1 Å². The summed E-state index contributed by atoms with van der Waals surface area (Å²) in [6.07, 6.45) is 0. The molecular formula is C26H22N4O2S. The maximum atomic E-state index is 13.4. The number of amides is 2. The topological polar surface area (TPSA) is 74.1 Å². The normalized spacial score (nSPS) is 16.6. The van der Waals surface area contributed by atoms with Gasteiger partial charge < -0.3 is 5.32 Å². The Kier molecular flexibility index (Phi) is 5.56. The number of carbonyl (C=O) groups excluding carboxylic acids is 2. The minimum atomic E-state index is -0.623. The van der Waals surface area contributed by atoms with Crippen molar-refractivity contribution in [3.8, 4) is 0 Å². The first kappa shape index (κ1) is 21.2. The number of fused-ring (bicyclic) bond motifs is 3. The van der Waals surface area contributed by atoms with Gasteiger partial charge in [-0.3, -0.25) is 9.59 Å². The van der Waals surface area contributed by atoms with E-state index in [-0.39, 0.29) is 17.6 Å². The number of amidine groups is 2. The highest BCUT2D eigenvalue weighted by atomic mass is 32.2. The number of anilines is 1. The van der Waals surface area contributed by atoms with Crippen molar-refractivity contribution >= 4 is 46.0 Å². The molecule has 6 nitrogen and oxygen atoms in total. The van der Waals surface area contributed by atoms with Crippen LogP contribution >= 0.6 is 11.8 Å². The molecule has 2 amide bonds. The Morgan fingerprint density at radius 1 is 1.00 bits per heavy atom. The number of para-hydroxylation sites is 1. The maximum absolute atomic E-state index is 13.4. The van der Waals surface area contributed by atoms with Crippen LogP contribution in [-0.4, -0.2) is 33.5 Å². The summed E-state index contributed by atoms with van der Waals surface area (Å²) in [5, 5.41) is 3.40. The number of rotatable bonds is 4. The van der Waals surface area contributed by atoms with Gasteiger partial charge in [0.15, 0.2) is 11.2 Å². The first-order valence-corrected chi connectivity index (χ1v) is 11.6. The van der Waals surface area contributed by atoms with Crippen LogP contribution in [0, 0.1) is 13.8 Å². The fourth-order valence-corrected chi connectivity index (χ4v) is 4.87. The van der Waals surface area contributed by atoms with Crippen LogP contribution in [0.3, 0.4) is 0 Å². The van der Waals surface area contributed by atoms with Gasteiger partial charge in [0, 0.05) is 11.3 Å². The molecule has 1 atom stereocenters. The van der Waals surface area contributed by atoms with Gasteiger partial charge in [0.2, 0.25) is 5.91 Å². The van der Waals surface area contributed by atoms with Gasteiger partial charge in [-0.2, -0.15) is 0 Å². The highest BCUT2D eigenvalue weighted by Crippen LogP contribution is 2.37. The largest absolute Gasteiger partial charge is 0.325 e. The van der Waals surface area contributed by atoms with Crippen LogP contribution in [-0.2, 0) is 9.59 Å². The predicted octanol–water partition coefficient (Wildman–Crippen LogP) is 5.01. The van der Waals surface area contributed by atoms with Gasteiger partial charge in [0.1, 0.15) is 5.84 Å². The van der Waals surface area contributed by atoms with E-state index in [0.29, 0.717) is 11.0 Å². The van der Waals surface area contributed by atoms with Gasteiger partial charge in [-0.25, -0.2) is 14.9 Å². The molecule has 1 unspecified atom stereocenters. The molecule has 2 aliphatic heterocycles. The number of benzene rings is 3. The highest BCUT2D eigenvalue weighted by Gasteiger charge is 2.42. The molecule has 0 saturated carbocycles. The molecule has 0 aromatic heterocycles. The summed E-state index contributed by atoms with van der Waals surface area (Å²) in [5.41, 5.74) is 5.32. The molecule has 164 valence electrons. The monoisotopic (exact) mass is 454 g/mol. The third-order valence-electron chi connectivity index (χ3n) is 5.42. The molecule has 0 radical (unpaired) electrons. The van der Waals surface area contributed by atoms with Gasteiger partial charge in [0.05, 0.1) is 11.4 Å². The van der Waals surface area contributed by atoms with E-state index >= 15 is 0 Å². The SMILES string of the molecule is Cc1cc(C)cc(NC(=O)CSC2=Nc3ccccc3C3=NC(c4ccccc4)C(=O)N23)c1. The van der Waals surface area contributed by atoms with Crippen molar-refractivity contribution < 1.29 is 9.59 Å². The van der Waals surface area contributed by atoms with E-state index < -0.39 is 6.04 Å². The Labute approximate surface area is 196 Å². The highest BCUT2D eigenvalue weighted by molar-refractivity contribution is 8.14. The van der Waals surface area contributed by atoms with Crippen molar-refractivity contribution in [2.24, 2.45) is 9.98 Å². The summed E-state index contributed by atoms with van der Waals surface area (Å²) in [7, 11) is 0. The Morgan fingerprint density at radius 2 is 1.70 bits per heavy atom. The van der Waals surface area contributed by atoms with Gasteiger partial charge in [-0.15, -0.1) is 0 Å². The lowest BCUT2D eigenvalue weighted by Crippen LogP contribution is -2.40. The van der Waals surface area contributed by atoms with E-state index in [2.05, 4.69) is 11.4 Å². The molecule has 7 heteroatoms. The number of thioether (sulfide) groups is 1. The van der Waals surface area contributed by atoms with Crippen LogP contribution < -0.4 is 5.32 Å². The van der Waals surface area contributed by atoms with Gasteiger partial charge in [0.25, 0.3) is 5.91 Å². The molecule has 2 heterocycles. The molecule has 2 aliphatic rings. The smallest absolute Gasteiger partial charge is 0.263 e. The van der Waals surface area contributed by atoms with Crippen LogP contribution in [0.25, 0.3) is 0 Å². The fourth-order valence-electron chi connectivity index (χ4n) is 4.07. The molecule has 33 heavy (non-hydrogen) atoms. The number of aryl methyl sites for hydroxylation is 2. The predicted molar refractivity (Wildman–Crippen MR) is 133 cm³/mol. The van der Waals surface area contributed by atoms with Crippen molar-refractivity contribution in [1.29, 1.82) is 0 Å².